The lowest BCUT2D eigenvalue weighted by molar-refractivity contribution is -0.461. The first-order chi connectivity index (χ1) is 7.16. The van der Waals surface area contributed by atoms with E-state index < -0.39 is 28.8 Å². The van der Waals surface area contributed by atoms with Crippen molar-refractivity contribution in [3.05, 3.63) is 0 Å². The molecule has 0 N–H and O–H groups in total. The molecule has 0 aromatic rings. The van der Waals surface area contributed by atoms with Gasteiger partial charge in [0.2, 0.25) is 0 Å². The lowest BCUT2D eigenvalue weighted by Gasteiger charge is -2.30. The molecule has 102 valence electrons. The fourth-order valence-electron chi connectivity index (χ4n) is 0.893. The molecule has 17 heavy (non-hydrogen) atoms. The highest BCUT2D eigenvalue weighted by Crippen LogP contribution is 2.61. The molecule has 12 heteroatoms. The van der Waals surface area contributed by atoms with E-state index in [4.69, 9.17) is 0 Å². The fourth-order valence-corrected chi connectivity index (χ4v) is 1.19. The van der Waals surface area contributed by atoms with Crippen LogP contribution in [0.5, 0.6) is 0 Å². The Labute approximate surface area is 97.4 Å². The van der Waals surface area contributed by atoms with E-state index in [0.717, 1.165) is 0 Å². The number of rotatable bonds is 0. The van der Waals surface area contributed by atoms with E-state index in [1.165, 1.54) is 0 Å². The third-order valence-corrected chi connectivity index (χ3v) is 2.22. The Balaban J connectivity index is 3.34. The SMILES string of the molecule is FC(F)(F)C1(C(F)(F)F)OC(F)(F)C(Cl)(Cl)O1. The molecular formula is C5Cl2F8O2. The monoisotopic (exact) mass is 314 g/mol. The van der Waals surface area contributed by atoms with Crippen molar-refractivity contribution in [2.45, 2.75) is 28.8 Å². The summed E-state index contributed by atoms with van der Waals surface area (Å²) < 4.78 is 99.9. The Hall–Kier alpha value is -0.0600. The van der Waals surface area contributed by atoms with E-state index in [2.05, 4.69) is 32.7 Å². The molecule has 1 fully saturated rings. The molecule has 0 aromatic heterocycles. The summed E-state index contributed by atoms with van der Waals surface area (Å²) in [6.45, 7) is 0. The van der Waals surface area contributed by atoms with Crippen LogP contribution in [0.1, 0.15) is 0 Å². The van der Waals surface area contributed by atoms with Crippen LogP contribution < -0.4 is 0 Å². The summed E-state index contributed by atoms with van der Waals surface area (Å²) in [5.74, 6) is -5.58. The van der Waals surface area contributed by atoms with Crippen LogP contribution in [-0.2, 0) is 9.47 Å². The van der Waals surface area contributed by atoms with Crippen molar-refractivity contribution < 1.29 is 44.6 Å². The number of hydrogen-bond acceptors (Lipinski definition) is 2. The first-order valence-corrected chi connectivity index (χ1v) is 4.21. The molecule has 0 aliphatic carbocycles. The molecule has 0 amide bonds. The zero-order valence-electron chi connectivity index (χ0n) is 7.10. The summed E-state index contributed by atoms with van der Waals surface area (Å²) >= 11 is 9.05. The highest BCUT2D eigenvalue weighted by atomic mass is 35.5. The van der Waals surface area contributed by atoms with Gasteiger partial charge in [0.15, 0.2) is 0 Å². The summed E-state index contributed by atoms with van der Waals surface area (Å²) in [6, 6.07) is 0. The topological polar surface area (TPSA) is 18.5 Å². The molecule has 2 nitrogen and oxygen atoms in total. The van der Waals surface area contributed by atoms with Crippen LogP contribution in [0.3, 0.4) is 0 Å². The molecule has 0 radical (unpaired) electrons. The van der Waals surface area contributed by atoms with Gasteiger partial charge in [-0.2, -0.15) is 35.1 Å². The third-order valence-electron chi connectivity index (χ3n) is 1.63. The van der Waals surface area contributed by atoms with Gasteiger partial charge in [-0.1, -0.05) is 23.2 Å². The van der Waals surface area contributed by atoms with E-state index in [9.17, 15) is 35.1 Å². The van der Waals surface area contributed by atoms with Gasteiger partial charge < -0.3 is 0 Å². The van der Waals surface area contributed by atoms with Crippen LogP contribution in [0.4, 0.5) is 35.1 Å². The van der Waals surface area contributed by atoms with Crippen LogP contribution in [-0.4, -0.2) is 28.8 Å². The van der Waals surface area contributed by atoms with Crippen LogP contribution in [0.15, 0.2) is 0 Å². The molecule has 0 unspecified atom stereocenters. The Morgan fingerprint density at radius 1 is 0.765 bits per heavy atom. The molecule has 1 rings (SSSR count). The molecule has 0 saturated carbocycles. The van der Waals surface area contributed by atoms with Crippen LogP contribution in [0.25, 0.3) is 0 Å². The highest BCUT2D eigenvalue weighted by molar-refractivity contribution is 6.48. The van der Waals surface area contributed by atoms with E-state index in [-0.39, 0.29) is 0 Å². The minimum absolute atomic E-state index is 2.61. The molecule has 0 bridgehead atoms. The quantitative estimate of drug-likeness (QED) is 0.502. The fraction of sp³-hybridized carbons (Fsp3) is 1.00. The molecular weight excluding hydrogens is 315 g/mol. The minimum atomic E-state index is -6.35. The summed E-state index contributed by atoms with van der Waals surface area (Å²) in [6.07, 6.45) is -17.9. The molecule has 1 aliphatic rings. The van der Waals surface area contributed by atoms with Gasteiger partial charge in [0, 0.05) is 0 Å². The van der Waals surface area contributed by atoms with Gasteiger partial charge >= 0.3 is 28.8 Å². The summed E-state index contributed by atoms with van der Waals surface area (Å²) in [7, 11) is 0. The average Bonchev–Trinajstić information content (AvgIpc) is 2.15. The van der Waals surface area contributed by atoms with Gasteiger partial charge in [-0.05, 0) is 0 Å². The predicted molar refractivity (Wildman–Crippen MR) is 36.4 cm³/mol. The second-order valence-electron chi connectivity index (χ2n) is 2.85. The number of ether oxygens (including phenoxy) is 2. The molecule has 1 heterocycles. The number of halogens is 10. The maximum absolute atomic E-state index is 12.7. The van der Waals surface area contributed by atoms with E-state index in [1.54, 1.807) is 0 Å². The molecule has 0 atom stereocenters. The standard InChI is InChI=1S/C5Cl2F8O2/c6-2(7)5(14,15)17-1(16-2,3(8,9)10)4(11,12)13. The summed E-state index contributed by atoms with van der Waals surface area (Å²) in [5.41, 5.74) is 0. The van der Waals surface area contributed by atoms with E-state index in [0.29, 0.717) is 0 Å². The lowest BCUT2D eigenvalue weighted by Crippen LogP contribution is -2.58. The Kier molecular flexibility index (Phi) is 3.08. The molecule has 1 aliphatic heterocycles. The van der Waals surface area contributed by atoms with Gasteiger partial charge in [-0.25, -0.2) is 0 Å². The average molecular weight is 315 g/mol. The first kappa shape index (κ1) is 15.0. The zero-order valence-corrected chi connectivity index (χ0v) is 8.61. The highest BCUT2D eigenvalue weighted by Gasteiger charge is 2.86. The lowest BCUT2D eigenvalue weighted by atomic mass is 10.2. The van der Waals surface area contributed by atoms with Crippen molar-refractivity contribution in [1.29, 1.82) is 0 Å². The van der Waals surface area contributed by atoms with Gasteiger partial charge in [0.05, 0.1) is 0 Å². The maximum Gasteiger partial charge on any atom is 0.453 e. The second kappa shape index (κ2) is 3.49. The third kappa shape index (κ3) is 2.04. The zero-order chi connectivity index (χ0) is 13.9. The van der Waals surface area contributed by atoms with E-state index >= 15 is 0 Å². The molecule has 1 saturated heterocycles. The molecule has 0 aromatic carbocycles. The normalized spacial score (nSPS) is 27.2. The molecule has 0 spiro atoms. The Bertz CT molecular complexity index is 289. The van der Waals surface area contributed by atoms with E-state index in [1.807, 2.05) is 0 Å². The maximum atomic E-state index is 12.7. The van der Waals surface area contributed by atoms with Gasteiger partial charge in [-0.15, -0.1) is 0 Å². The van der Waals surface area contributed by atoms with Crippen molar-refractivity contribution in [2.24, 2.45) is 0 Å². The van der Waals surface area contributed by atoms with Gasteiger partial charge in [-0.3, -0.25) is 9.47 Å². The predicted octanol–water partition coefficient (Wildman–Crippen LogP) is 3.58. The number of alkyl halides is 10. The summed E-state index contributed by atoms with van der Waals surface area (Å²) in [5, 5.41) is 0. The smallest absolute Gasteiger partial charge is 0.291 e. The van der Waals surface area contributed by atoms with Crippen molar-refractivity contribution in [1.82, 2.24) is 0 Å². The van der Waals surface area contributed by atoms with Crippen molar-refractivity contribution in [3.8, 4) is 0 Å². The van der Waals surface area contributed by atoms with Gasteiger partial charge in [0.25, 0.3) is 0 Å². The van der Waals surface area contributed by atoms with Crippen molar-refractivity contribution in [3.63, 3.8) is 0 Å². The first-order valence-electron chi connectivity index (χ1n) is 3.46. The number of hydrogen-bond donors (Lipinski definition) is 0. The Morgan fingerprint density at radius 2 is 1.12 bits per heavy atom. The van der Waals surface area contributed by atoms with Crippen molar-refractivity contribution in [2.75, 3.05) is 0 Å². The van der Waals surface area contributed by atoms with Crippen LogP contribution >= 0.6 is 23.2 Å². The minimum Gasteiger partial charge on any atom is -0.291 e. The van der Waals surface area contributed by atoms with Crippen LogP contribution in [0.2, 0.25) is 0 Å². The van der Waals surface area contributed by atoms with Gasteiger partial charge in [0.1, 0.15) is 0 Å². The second-order valence-corrected chi connectivity index (χ2v) is 4.11. The van der Waals surface area contributed by atoms with Crippen LogP contribution in [0, 0.1) is 0 Å². The van der Waals surface area contributed by atoms with Crippen molar-refractivity contribution >= 4 is 23.2 Å². The Morgan fingerprint density at radius 3 is 1.24 bits per heavy atom. The summed E-state index contributed by atoms with van der Waals surface area (Å²) in [4.78, 5) is 0. The largest absolute Gasteiger partial charge is 0.453 e.